The Labute approximate surface area is 128 Å². The second kappa shape index (κ2) is 8.36. The zero-order valence-corrected chi connectivity index (χ0v) is 12.9. The zero-order valence-electron chi connectivity index (χ0n) is 12.1. The van der Waals surface area contributed by atoms with Gasteiger partial charge in [0, 0.05) is 36.8 Å². The van der Waals surface area contributed by atoms with Crippen LogP contribution in [-0.2, 0) is 11.2 Å². The largest absolute Gasteiger partial charge is 0.384 e. The molecule has 0 aliphatic rings. The van der Waals surface area contributed by atoms with Crippen LogP contribution in [0.5, 0.6) is 0 Å². The maximum atomic E-state index is 11.7. The molecule has 2 rings (SSSR count). The van der Waals surface area contributed by atoms with Crippen molar-refractivity contribution in [3.8, 4) is 0 Å². The molecule has 2 N–H and O–H groups in total. The number of amides is 1. The Hall–Kier alpha value is -1.95. The summed E-state index contributed by atoms with van der Waals surface area (Å²) in [7, 11) is 0. The smallest absolute Gasteiger partial charge is 0.220 e. The van der Waals surface area contributed by atoms with E-state index in [0.717, 1.165) is 30.8 Å². The molecule has 6 heteroatoms. The third-order valence-electron chi connectivity index (χ3n) is 3.09. The minimum Gasteiger partial charge on any atom is -0.384 e. The normalized spacial score (nSPS) is 10.3. The summed E-state index contributed by atoms with van der Waals surface area (Å²) in [6.45, 7) is 3.49. The lowest BCUT2D eigenvalue weighted by atomic mass is 10.2. The average Bonchev–Trinajstić information content (AvgIpc) is 2.91. The molecule has 112 valence electrons. The molecule has 0 atom stereocenters. The third kappa shape index (κ3) is 5.51. The number of carbonyl (C=O) groups excluding carboxylic acids is 1. The van der Waals surface area contributed by atoms with E-state index in [9.17, 15) is 4.79 Å². The molecule has 0 bridgehead atoms. The first kappa shape index (κ1) is 15.4. The summed E-state index contributed by atoms with van der Waals surface area (Å²) in [5.74, 6) is 0.101. The van der Waals surface area contributed by atoms with E-state index in [0.29, 0.717) is 13.0 Å². The number of hydrogen-bond acceptors (Lipinski definition) is 5. The van der Waals surface area contributed by atoms with Gasteiger partial charge in [0.1, 0.15) is 0 Å². The predicted octanol–water partition coefficient (Wildman–Crippen LogP) is 2.40. The zero-order chi connectivity index (χ0) is 14.9. The fourth-order valence-electron chi connectivity index (χ4n) is 1.90. The van der Waals surface area contributed by atoms with Crippen LogP contribution in [0.4, 0.5) is 5.69 Å². The van der Waals surface area contributed by atoms with Crippen LogP contribution in [0.3, 0.4) is 0 Å². The van der Waals surface area contributed by atoms with E-state index >= 15 is 0 Å². The predicted molar refractivity (Wildman–Crippen MR) is 85.5 cm³/mol. The molecule has 2 aromatic rings. The number of rotatable bonds is 8. The van der Waals surface area contributed by atoms with Crippen molar-refractivity contribution in [2.24, 2.45) is 0 Å². The molecule has 0 unspecified atom stereocenters. The topological polar surface area (TPSA) is 66.9 Å². The van der Waals surface area contributed by atoms with Gasteiger partial charge >= 0.3 is 0 Å². The van der Waals surface area contributed by atoms with E-state index in [1.807, 2.05) is 24.6 Å². The molecule has 0 saturated carbocycles. The van der Waals surface area contributed by atoms with Gasteiger partial charge < -0.3 is 10.6 Å². The van der Waals surface area contributed by atoms with Gasteiger partial charge in [-0.15, -0.1) is 11.3 Å². The van der Waals surface area contributed by atoms with Crippen LogP contribution in [0.1, 0.15) is 23.4 Å². The van der Waals surface area contributed by atoms with Gasteiger partial charge in [-0.05, 0) is 31.9 Å². The summed E-state index contributed by atoms with van der Waals surface area (Å²) >= 11 is 1.61. The molecule has 0 radical (unpaired) electrons. The number of anilines is 1. The Kier molecular flexibility index (Phi) is 6.15. The highest BCUT2D eigenvalue weighted by Gasteiger charge is 2.05. The molecule has 1 amide bonds. The van der Waals surface area contributed by atoms with Crippen molar-refractivity contribution < 1.29 is 4.79 Å². The Morgan fingerprint density at radius 3 is 3.00 bits per heavy atom. The highest BCUT2D eigenvalue weighted by molar-refractivity contribution is 7.09. The first-order valence-corrected chi connectivity index (χ1v) is 7.93. The Morgan fingerprint density at radius 2 is 2.29 bits per heavy atom. The fraction of sp³-hybridized carbons (Fsp3) is 0.400. The quantitative estimate of drug-likeness (QED) is 0.735. The highest BCUT2D eigenvalue weighted by atomic mass is 32.1. The number of aryl methyl sites for hydroxylation is 2. The lowest BCUT2D eigenvalue weighted by molar-refractivity contribution is -0.121. The summed E-state index contributed by atoms with van der Waals surface area (Å²) in [5, 5.41) is 6.20. The van der Waals surface area contributed by atoms with Crippen molar-refractivity contribution in [1.82, 2.24) is 15.3 Å². The van der Waals surface area contributed by atoms with Gasteiger partial charge in [0.05, 0.1) is 16.9 Å². The molecule has 0 aliphatic carbocycles. The molecule has 0 fully saturated rings. The van der Waals surface area contributed by atoms with Gasteiger partial charge in [-0.25, -0.2) is 4.98 Å². The van der Waals surface area contributed by atoms with Crippen LogP contribution >= 0.6 is 11.3 Å². The van der Waals surface area contributed by atoms with Crippen LogP contribution < -0.4 is 10.6 Å². The van der Waals surface area contributed by atoms with Gasteiger partial charge in [-0.1, -0.05) is 0 Å². The maximum absolute atomic E-state index is 11.7. The number of aromatic nitrogens is 2. The highest BCUT2D eigenvalue weighted by Crippen LogP contribution is 2.13. The summed E-state index contributed by atoms with van der Waals surface area (Å²) in [6, 6.07) is 3.87. The molecule has 0 spiro atoms. The molecule has 0 aromatic carbocycles. The van der Waals surface area contributed by atoms with Crippen molar-refractivity contribution in [3.63, 3.8) is 0 Å². The van der Waals surface area contributed by atoms with E-state index in [-0.39, 0.29) is 5.91 Å². The SMILES string of the molecule is Cc1ncsc1CCC(=O)NCCCNc1cccnc1. The molecule has 0 saturated heterocycles. The summed E-state index contributed by atoms with van der Waals surface area (Å²) < 4.78 is 0. The van der Waals surface area contributed by atoms with Gasteiger partial charge in [0.2, 0.25) is 5.91 Å². The van der Waals surface area contributed by atoms with Gasteiger partial charge in [0.15, 0.2) is 0 Å². The fourth-order valence-corrected chi connectivity index (χ4v) is 2.68. The Morgan fingerprint density at radius 1 is 1.38 bits per heavy atom. The number of carbonyl (C=O) groups is 1. The molecule has 0 aliphatic heterocycles. The van der Waals surface area contributed by atoms with E-state index in [1.165, 1.54) is 4.88 Å². The monoisotopic (exact) mass is 304 g/mol. The second-order valence-electron chi connectivity index (χ2n) is 4.73. The summed E-state index contributed by atoms with van der Waals surface area (Å²) in [4.78, 5) is 21.1. The van der Waals surface area contributed by atoms with Crippen LogP contribution in [0.25, 0.3) is 0 Å². The van der Waals surface area contributed by atoms with Gasteiger partial charge in [-0.3, -0.25) is 9.78 Å². The molecule has 2 aromatic heterocycles. The number of nitrogens with zero attached hydrogens (tertiary/aromatic N) is 2. The Bertz CT molecular complexity index is 556. The van der Waals surface area contributed by atoms with E-state index in [2.05, 4.69) is 20.6 Å². The number of pyridine rings is 1. The molecule has 5 nitrogen and oxygen atoms in total. The van der Waals surface area contributed by atoms with Crippen LogP contribution in [-0.4, -0.2) is 29.0 Å². The lowest BCUT2D eigenvalue weighted by Gasteiger charge is -2.07. The van der Waals surface area contributed by atoms with Crippen LogP contribution in [0, 0.1) is 6.92 Å². The van der Waals surface area contributed by atoms with Gasteiger partial charge in [-0.2, -0.15) is 0 Å². The van der Waals surface area contributed by atoms with E-state index in [1.54, 1.807) is 23.7 Å². The van der Waals surface area contributed by atoms with Crippen LogP contribution in [0.2, 0.25) is 0 Å². The Balaban J connectivity index is 1.54. The summed E-state index contributed by atoms with van der Waals surface area (Å²) in [5.41, 5.74) is 3.87. The second-order valence-corrected chi connectivity index (χ2v) is 5.67. The maximum Gasteiger partial charge on any atom is 0.220 e. The number of hydrogen-bond donors (Lipinski definition) is 2. The van der Waals surface area contributed by atoms with E-state index in [4.69, 9.17) is 0 Å². The standard InChI is InChI=1S/C15H20N4OS/c1-12-14(21-11-19-12)5-6-15(20)18-9-3-8-17-13-4-2-7-16-10-13/h2,4,7,10-11,17H,3,5-6,8-9H2,1H3,(H,18,20). The lowest BCUT2D eigenvalue weighted by Crippen LogP contribution is -2.26. The van der Waals surface area contributed by atoms with Crippen molar-refractivity contribution in [1.29, 1.82) is 0 Å². The third-order valence-corrected chi connectivity index (χ3v) is 4.09. The van der Waals surface area contributed by atoms with Gasteiger partial charge in [0.25, 0.3) is 0 Å². The molecular weight excluding hydrogens is 284 g/mol. The average molecular weight is 304 g/mol. The molecular formula is C15H20N4OS. The van der Waals surface area contributed by atoms with Crippen LogP contribution in [0.15, 0.2) is 30.0 Å². The minimum absolute atomic E-state index is 0.101. The first-order chi connectivity index (χ1) is 10.3. The first-order valence-electron chi connectivity index (χ1n) is 7.05. The number of nitrogens with one attached hydrogen (secondary N) is 2. The van der Waals surface area contributed by atoms with Crippen molar-refractivity contribution >= 4 is 22.9 Å². The van der Waals surface area contributed by atoms with E-state index < -0.39 is 0 Å². The minimum atomic E-state index is 0.101. The van der Waals surface area contributed by atoms with Crippen molar-refractivity contribution in [2.45, 2.75) is 26.2 Å². The summed E-state index contributed by atoms with van der Waals surface area (Å²) in [6.07, 6.45) is 5.72. The van der Waals surface area contributed by atoms with Crippen molar-refractivity contribution in [2.75, 3.05) is 18.4 Å². The number of thiazole rings is 1. The molecule has 2 heterocycles. The molecule has 21 heavy (non-hydrogen) atoms. The van der Waals surface area contributed by atoms with Crippen molar-refractivity contribution in [3.05, 3.63) is 40.6 Å².